The third-order valence-electron chi connectivity index (χ3n) is 4.68. The van der Waals surface area contributed by atoms with Gasteiger partial charge in [0.25, 0.3) is 5.69 Å². The molecule has 0 unspecified atom stereocenters. The molecule has 3 aromatic carbocycles. The minimum Gasteiger partial charge on any atom is -0.457 e. The maximum atomic E-state index is 11.3. The van der Waals surface area contributed by atoms with Gasteiger partial charge in [-0.2, -0.15) is 0 Å². The average molecular weight is 433 g/mol. The van der Waals surface area contributed by atoms with Crippen LogP contribution in [0.1, 0.15) is 12.5 Å². The molecule has 1 aromatic heterocycles. The molecular formula is C23H20N4O3S. The second kappa shape index (κ2) is 9.44. The van der Waals surface area contributed by atoms with Gasteiger partial charge in [0, 0.05) is 23.9 Å². The van der Waals surface area contributed by atoms with Crippen molar-refractivity contribution in [3.8, 4) is 22.9 Å². The number of hydrogen-bond donors (Lipinski definition) is 0. The van der Waals surface area contributed by atoms with Crippen molar-refractivity contribution in [1.29, 1.82) is 0 Å². The number of rotatable bonds is 8. The molecule has 8 heteroatoms. The number of nitrogens with zero attached hydrogens (tertiary/aromatic N) is 4. The van der Waals surface area contributed by atoms with Gasteiger partial charge in [-0.1, -0.05) is 60.3 Å². The Morgan fingerprint density at radius 2 is 1.68 bits per heavy atom. The molecule has 0 radical (unpaired) electrons. The van der Waals surface area contributed by atoms with Crippen molar-refractivity contribution in [2.45, 2.75) is 24.4 Å². The molecule has 4 aromatic rings. The zero-order valence-corrected chi connectivity index (χ0v) is 17.7. The Kier molecular flexibility index (Phi) is 6.28. The predicted molar refractivity (Wildman–Crippen MR) is 120 cm³/mol. The lowest BCUT2D eigenvalue weighted by atomic mass is 10.2. The highest BCUT2D eigenvalue weighted by Crippen LogP contribution is 2.35. The van der Waals surface area contributed by atoms with E-state index in [9.17, 15) is 10.1 Å². The first-order valence-corrected chi connectivity index (χ1v) is 10.8. The van der Waals surface area contributed by atoms with Crippen LogP contribution in [0.2, 0.25) is 0 Å². The van der Waals surface area contributed by atoms with E-state index in [2.05, 4.69) is 10.2 Å². The first-order chi connectivity index (χ1) is 15.2. The molecule has 0 amide bonds. The Morgan fingerprint density at radius 3 is 2.45 bits per heavy atom. The molecule has 0 N–H and O–H groups in total. The van der Waals surface area contributed by atoms with Crippen molar-refractivity contribution in [2.24, 2.45) is 0 Å². The van der Waals surface area contributed by atoms with Crippen LogP contribution in [0.3, 0.4) is 0 Å². The second-order valence-electron chi connectivity index (χ2n) is 6.64. The number of ether oxygens (including phenoxy) is 1. The lowest BCUT2D eigenvalue weighted by Crippen LogP contribution is -2.01. The Labute approximate surface area is 183 Å². The van der Waals surface area contributed by atoms with Crippen molar-refractivity contribution >= 4 is 17.4 Å². The first kappa shape index (κ1) is 20.6. The molecule has 0 saturated carbocycles. The number of nitro groups is 1. The van der Waals surface area contributed by atoms with Crippen LogP contribution in [0.5, 0.6) is 11.5 Å². The fourth-order valence-corrected chi connectivity index (χ4v) is 4.19. The Hall–Kier alpha value is -3.65. The van der Waals surface area contributed by atoms with Gasteiger partial charge >= 0.3 is 0 Å². The van der Waals surface area contributed by atoms with Gasteiger partial charge in [0.05, 0.1) is 10.5 Å². The van der Waals surface area contributed by atoms with Crippen molar-refractivity contribution in [3.63, 3.8) is 0 Å². The smallest absolute Gasteiger partial charge is 0.273 e. The van der Waals surface area contributed by atoms with Crippen LogP contribution in [0, 0.1) is 10.1 Å². The minimum absolute atomic E-state index is 0.111. The average Bonchev–Trinajstić information content (AvgIpc) is 3.21. The molecule has 4 rings (SSSR count). The third kappa shape index (κ3) is 4.59. The van der Waals surface area contributed by atoms with E-state index in [1.807, 2.05) is 66.1 Å². The summed E-state index contributed by atoms with van der Waals surface area (Å²) in [6, 6.07) is 24.0. The van der Waals surface area contributed by atoms with Gasteiger partial charge in [-0.25, -0.2) is 0 Å². The van der Waals surface area contributed by atoms with Crippen molar-refractivity contribution in [2.75, 3.05) is 0 Å². The molecular weight excluding hydrogens is 412 g/mol. The van der Waals surface area contributed by atoms with E-state index in [1.165, 1.54) is 17.8 Å². The normalized spacial score (nSPS) is 10.7. The number of benzene rings is 3. The molecule has 31 heavy (non-hydrogen) atoms. The molecule has 0 aliphatic rings. The summed E-state index contributed by atoms with van der Waals surface area (Å²) in [4.78, 5) is 10.9. The molecule has 0 aliphatic heterocycles. The fraction of sp³-hybridized carbons (Fsp3) is 0.130. The maximum Gasteiger partial charge on any atom is 0.273 e. The van der Waals surface area contributed by atoms with Gasteiger partial charge in [-0.15, -0.1) is 10.2 Å². The summed E-state index contributed by atoms with van der Waals surface area (Å²) in [5.41, 5.74) is 1.59. The highest BCUT2D eigenvalue weighted by molar-refractivity contribution is 7.98. The van der Waals surface area contributed by atoms with E-state index >= 15 is 0 Å². The summed E-state index contributed by atoms with van der Waals surface area (Å²) in [6.45, 7) is 2.67. The third-order valence-corrected chi connectivity index (χ3v) is 5.69. The van der Waals surface area contributed by atoms with Crippen molar-refractivity contribution in [3.05, 3.63) is 94.5 Å². The summed E-state index contributed by atoms with van der Waals surface area (Å²) >= 11 is 1.43. The Bertz CT molecular complexity index is 1190. The molecule has 0 saturated heterocycles. The summed E-state index contributed by atoms with van der Waals surface area (Å²) < 4.78 is 8.07. The van der Waals surface area contributed by atoms with E-state index < -0.39 is 0 Å². The summed E-state index contributed by atoms with van der Waals surface area (Å²) in [5.74, 6) is 2.55. The number of hydrogen-bond acceptors (Lipinski definition) is 6. The van der Waals surface area contributed by atoms with E-state index in [0.717, 1.165) is 11.3 Å². The van der Waals surface area contributed by atoms with Gasteiger partial charge in [0.15, 0.2) is 11.0 Å². The van der Waals surface area contributed by atoms with E-state index in [4.69, 9.17) is 4.74 Å². The van der Waals surface area contributed by atoms with Gasteiger partial charge in [-0.3, -0.25) is 10.1 Å². The van der Waals surface area contributed by atoms with Crippen LogP contribution < -0.4 is 4.74 Å². The molecule has 156 valence electrons. The number of aromatic nitrogens is 3. The molecule has 0 bridgehead atoms. The topological polar surface area (TPSA) is 83.1 Å². The van der Waals surface area contributed by atoms with Crippen molar-refractivity contribution < 1.29 is 9.66 Å². The molecule has 0 fully saturated rings. The largest absolute Gasteiger partial charge is 0.457 e. The molecule has 0 spiro atoms. The second-order valence-corrected chi connectivity index (χ2v) is 7.58. The number of thioether (sulfide) groups is 1. The van der Waals surface area contributed by atoms with Crippen LogP contribution in [-0.4, -0.2) is 19.7 Å². The van der Waals surface area contributed by atoms with E-state index in [1.54, 1.807) is 18.2 Å². The van der Waals surface area contributed by atoms with Gasteiger partial charge in [-0.05, 0) is 31.2 Å². The van der Waals surface area contributed by atoms with Crippen LogP contribution in [0.4, 0.5) is 5.69 Å². The number of para-hydroxylation sites is 3. The Balaban J connectivity index is 1.62. The summed E-state index contributed by atoms with van der Waals surface area (Å²) in [5, 5.41) is 20.7. The monoisotopic (exact) mass is 432 g/mol. The molecule has 0 atom stereocenters. The molecule has 0 aliphatic carbocycles. The van der Waals surface area contributed by atoms with Crippen molar-refractivity contribution in [1.82, 2.24) is 14.8 Å². The van der Waals surface area contributed by atoms with E-state index in [0.29, 0.717) is 34.6 Å². The van der Waals surface area contributed by atoms with Crippen LogP contribution in [0.25, 0.3) is 11.4 Å². The van der Waals surface area contributed by atoms with Crippen LogP contribution in [0.15, 0.2) is 84.0 Å². The zero-order chi connectivity index (χ0) is 21.6. The minimum atomic E-state index is -0.358. The van der Waals surface area contributed by atoms with E-state index in [-0.39, 0.29) is 10.6 Å². The fourth-order valence-electron chi connectivity index (χ4n) is 3.19. The summed E-state index contributed by atoms with van der Waals surface area (Å²) in [6.07, 6.45) is 0. The number of nitro benzene ring substituents is 1. The predicted octanol–water partition coefficient (Wildman–Crippen LogP) is 5.96. The Morgan fingerprint density at radius 1 is 0.968 bits per heavy atom. The van der Waals surface area contributed by atoms with Gasteiger partial charge in [0.1, 0.15) is 11.5 Å². The standard InChI is InChI=1S/C23H20N4O3S/c1-2-26-22(19-13-7-9-15-21(19)30-18-11-4-3-5-12-18)24-25-23(26)31-16-17-10-6-8-14-20(17)27(28)29/h3-15H,2,16H2,1H3. The maximum absolute atomic E-state index is 11.3. The SMILES string of the molecule is CCn1c(SCc2ccccc2[N+](=O)[O-])nnc1-c1ccccc1Oc1ccccc1. The molecule has 7 nitrogen and oxygen atoms in total. The quantitative estimate of drug-likeness (QED) is 0.194. The van der Waals surface area contributed by atoms with Gasteiger partial charge < -0.3 is 9.30 Å². The highest BCUT2D eigenvalue weighted by Gasteiger charge is 2.19. The highest BCUT2D eigenvalue weighted by atomic mass is 32.2. The molecule has 1 heterocycles. The van der Waals surface area contributed by atoms with Crippen LogP contribution in [-0.2, 0) is 12.3 Å². The lowest BCUT2D eigenvalue weighted by Gasteiger charge is -2.12. The van der Waals surface area contributed by atoms with Crippen LogP contribution >= 0.6 is 11.8 Å². The lowest BCUT2D eigenvalue weighted by molar-refractivity contribution is -0.385. The zero-order valence-electron chi connectivity index (χ0n) is 16.8. The summed E-state index contributed by atoms with van der Waals surface area (Å²) in [7, 11) is 0. The first-order valence-electron chi connectivity index (χ1n) is 9.78. The van der Waals surface area contributed by atoms with Gasteiger partial charge in [0.2, 0.25) is 0 Å².